The van der Waals surface area contributed by atoms with Gasteiger partial charge in [0.05, 0.1) is 12.3 Å². The van der Waals surface area contributed by atoms with E-state index in [1.807, 2.05) is 18.2 Å². The molecule has 1 N–H and O–H groups in total. The maximum absolute atomic E-state index is 13.0. The number of hydrogen-bond acceptors (Lipinski definition) is 5. The fourth-order valence-corrected chi connectivity index (χ4v) is 3.40. The van der Waals surface area contributed by atoms with E-state index in [2.05, 4.69) is 4.90 Å². The zero-order valence-corrected chi connectivity index (χ0v) is 14.8. The molecule has 2 aromatic rings. The molecule has 7 heteroatoms. The molecular weight excluding hydrogens is 351 g/mol. The maximum Gasteiger partial charge on any atom is 0.253 e. The van der Waals surface area contributed by atoms with Crippen LogP contribution >= 0.6 is 0 Å². The molecule has 142 valence electrons. The molecule has 2 aliphatic rings. The average Bonchev–Trinajstić information content (AvgIpc) is 2.73. The van der Waals surface area contributed by atoms with Crippen molar-refractivity contribution in [2.24, 2.45) is 0 Å². The van der Waals surface area contributed by atoms with Gasteiger partial charge < -0.3 is 24.4 Å². The number of amides is 1. The van der Waals surface area contributed by atoms with Crippen molar-refractivity contribution in [2.45, 2.75) is 6.10 Å². The van der Waals surface area contributed by atoms with E-state index in [-0.39, 0.29) is 24.4 Å². The quantitative estimate of drug-likeness (QED) is 0.892. The number of para-hydroxylation sites is 1. The molecule has 1 fully saturated rings. The van der Waals surface area contributed by atoms with Gasteiger partial charge in [-0.05, 0) is 36.4 Å². The van der Waals surface area contributed by atoms with Gasteiger partial charge in [-0.15, -0.1) is 0 Å². The van der Waals surface area contributed by atoms with Gasteiger partial charge in [0.15, 0.2) is 17.6 Å². The molecule has 1 atom stereocenters. The molecular formula is C20H21FN2O4. The second-order valence-electron chi connectivity index (χ2n) is 6.62. The highest BCUT2D eigenvalue weighted by Crippen LogP contribution is 2.40. The van der Waals surface area contributed by atoms with Gasteiger partial charge in [0, 0.05) is 31.7 Å². The van der Waals surface area contributed by atoms with Crippen LogP contribution in [0.1, 0.15) is 10.4 Å². The van der Waals surface area contributed by atoms with Crippen LogP contribution in [0.3, 0.4) is 0 Å². The highest BCUT2D eigenvalue weighted by molar-refractivity contribution is 5.94. The first-order valence-electron chi connectivity index (χ1n) is 8.99. The van der Waals surface area contributed by atoms with Crippen molar-refractivity contribution in [1.82, 2.24) is 4.90 Å². The molecule has 1 unspecified atom stereocenters. The Kier molecular flexibility index (Phi) is 4.85. The Labute approximate surface area is 156 Å². The summed E-state index contributed by atoms with van der Waals surface area (Å²) in [5.41, 5.74) is 1.42. The van der Waals surface area contributed by atoms with Gasteiger partial charge in [-0.3, -0.25) is 4.79 Å². The number of halogens is 1. The van der Waals surface area contributed by atoms with Crippen LogP contribution in [0, 0.1) is 5.82 Å². The van der Waals surface area contributed by atoms with Crippen LogP contribution in [-0.4, -0.2) is 61.4 Å². The van der Waals surface area contributed by atoms with Gasteiger partial charge in [0.1, 0.15) is 12.4 Å². The molecule has 0 radical (unpaired) electrons. The van der Waals surface area contributed by atoms with Crippen LogP contribution in [0.25, 0.3) is 0 Å². The minimum atomic E-state index is -0.351. The first-order valence-corrected chi connectivity index (χ1v) is 8.99. The maximum atomic E-state index is 13.0. The van der Waals surface area contributed by atoms with Crippen LogP contribution in [0.4, 0.5) is 10.1 Å². The van der Waals surface area contributed by atoms with E-state index in [1.165, 1.54) is 24.3 Å². The summed E-state index contributed by atoms with van der Waals surface area (Å²) in [6, 6.07) is 11.3. The van der Waals surface area contributed by atoms with Crippen LogP contribution in [0.2, 0.25) is 0 Å². The molecule has 4 rings (SSSR count). The molecule has 0 spiro atoms. The lowest BCUT2D eigenvalue weighted by Gasteiger charge is -2.38. The lowest BCUT2D eigenvalue weighted by atomic mass is 10.1. The average molecular weight is 372 g/mol. The van der Waals surface area contributed by atoms with Crippen LogP contribution in [0.5, 0.6) is 11.5 Å². The molecule has 1 saturated heterocycles. The lowest BCUT2D eigenvalue weighted by molar-refractivity contribution is 0.0458. The van der Waals surface area contributed by atoms with Crippen molar-refractivity contribution in [3.05, 3.63) is 53.8 Å². The molecule has 0 bridgehead atoms. The Morgan fingerprint density at radius 2 is 1.85 bits per heavy atom. The number of carbonyl (C=O) groups excluding carboxylic acids is 1. The predicted molar refractivity (Wildman–Crippen MR) is 98.0 cm³/mol. The second kappa shape index (κ2) is 7.44. The number of piperazine rings is 1. The van der Waals surface area contributed by atoms with E-state index in [1.54, 1.807) is 4.90 Å². The first kappa shape index (κ1) is 17.6. The van der Waals surface area contributed by atoms with Gasteiger partial charge in [0.25, 0.3) is 5.91 Å². The summed E-state index contributed by atoms with van der Waals surface area (Å²) < 4.78 is 24.6. The van der Waals surface area contributed by atoms with E-state index in [9.17, 15) is 14.3 Å². The van der Waals surface area contributed by atoms with Gasteiger partial charge >= 0.3 is 0 Å². The van der Waals surface area contributed by atoms with Crippen molar-refractivity contribution < 1.29 is 23.8 Å². The highest BCUT2D eigenvalue weighted by Gasteiger charge is 2.28. The van der Waals surface area contributed by atoms with Gasteiger partial charge in [0.2, 0.25) is 0 Å². The number of benzene rings is 2. The van der Waals surface area contributed by atoms with Gasteiger partial charge in [-0.25, -0.2) is 4.39 Å². The van der Waals surface area contributed by atoms with Gasteiger partial charge in [-0.2, -0.15) is 0 Å². The number of anilines is 1. The normalized spacial score (nSPS) is 19.1. The Morgan fingerprint density at radius 1 is 1.11 bits per heavy atom. The summed E-state index contributed by atoms with van der Waals surface area (Å²) in [5, 5.41) is 9.25. The molecule has 27 heavy (non-hydrogen) atoms. The summed E-state index contributed by atoms with van der Waals surface area (Å²) in [5.74, 6) is 0.870. The highest BCUT2D eigenvalue weighted by atomic mass is 19.1. The smallest absolute Gasteiger partial charge is 0.253 e. The fourth-order valence-electron chi connectivity index (χ4n) is 3.40. The lowest BCUT2D eigenvalue weighted by Crippen LogP contribution is -2.49. The fraction of sp³-hybridized carbons (Fsp3) is 0.350. The largest absolute Gasteiger partial charge is 0.484 e. The number of aliphatic hydroxyl groups excluding tert-OH is 1. The molecule has 0 saturated carbocycles. The molecule has 2 aliphatic heterocycles. The Morgan fingerprint density at radius 3 is 2.56 bits per heavy atom. The van der Waals surface area contributed by atoms with Crippen molar-refractivity contribution in [2.75, 3.05) is 44.3 Å². The molecule has 2 heterocycles. The molecule has 1 amide bonds. The second-order valence-corrected chi connectivity index (χ2v) is 6.62. The number of nitrogens with zero attached hydrogens (tertiary/aromatic N) is 2. The topological polar surface area (TPSA) is 62.2 Å². The van der Waals surface area contributed by atoms with E-state index in [0.717, 1.165) is 5.69 Å². The zero-order valence-electron chi connectivity index (χ0n) is 14.8. The Hall–Kier alpha value is -2.80. The first-order chi connectivity index (χ1) is 13.2. The Bertz CT molecular complexity index is 819. The third kappa shape index (κ3) is 3.55. The monoisotopic (exact) mass is 372 g/mol. The Balaban J connectivity index is 1.44. The van der Waals surface area contributed by atoms with Crippen molar-refractivity contribution in [3.63, 3.8) is 0 Å². The standard InChI is InChI=1S/C20H21FN2O4/c21-15-6-4-14(5-7-15)20(25)23-10-8-22(9-11-23)17-2-1-3-18-19(17)26-13-16(12-24)27-18/h1-7,16,24H,8-13H2. The summed E-state index contributed by atoms with van der Waals surface area (Å²) in [4.78, 5) is 16.5. The summed E-state index contributed by atoms with van der Waals surface area (Å²) >= 11 is 0. The van der Waals surface area contributed by atoms with E-state index < -0.39 is 0 Å². The molecule has 2 aromatic carbocycles. The number of ether oxygens (including phenoxy) is 2. The van der Waals surface area contributed by atoms with Crippen molar-refractivity contribution in [1.29, 1.82) is 0 Å². The predicted octanol–water partition coefficient (Wildman–Crippen LogP) is 1.92. The SMILES string of the molecule is O=C(c1ccc(F)cc1)N1CCN(c2cccc3c2OCC(CO)O3)CC1. The minimum Gasteiger partial charge on any atom is -0.484 e. The van der Waals surface area contributed by atoms with Crippen molar-refractivity contribution in [3.8, 4) is 11.5 Å². The summed E-state index contributed by atoms with van der Waals surface area (Å²) in [7, 11) is 0. The van der Waals surface area contributed by atoms with Crippen LogP contribution in [-0.2, 0) is 0 Å². The number of aliphatic hydroxyl groups is 1. The molecule has 0 aromatic heterocycles. The number of fused-ring (bicyclic) bond motifs is 1. The number of carbonyl (C=O) groups is 1. The third-order valence-corrected chi connectivity index (χ3v) is 4.87. The third-order valence-electron chi connectivity index (χ3n) is 4.87. The summed E-state index contributed by atoms with van der Waals surface area (Å²) in [6.07, 6.45) is -0.349. The van der Waals surface area contributed by atoms with E-state index in [0.29, 0.717) is 49.8 Å². The van der Waals surface area contributed by atoms with E-state index >= 15 is 0 Å². The minimum absolute atomic E-state index is 0.0879. The number of hydrogen-bond donors (Lipinski definition) is 1. The number of rotatable bonds is 3. The van der Waals surface area contributed by atoms with Gasteiger partial charge in [-0.1, -0.05) is 6.07 Å². The van der Waals surface area contributed by atoms with E-state index in [4.69, 9.17) is 9.47 Å². The van der Waals surface area contributed by atoms with Crippen molar-refractivity contribution >= 4 is 11.6 Å². The molecule has 0 aliphatic carbocycles. The van der Waals surface area contributed by atoms with Crippen LogP contribution < -0.4 is 14.4 Å². The molecule has 6 nitrogen and oxygen atoms in total. The van der Waals surface area contributed by atoms with Crippen LogP contribution in [0.15, 0.2) is 42.5 Å². The zero-order chi connectivity index (χ0) is 18.8. The summed E-state index contributed by atoms with van der Waals surface area (Å²) in [6.45, 7) is 2.68.